The van der Waals surface area contributed by atoms with E-state index in [2.05, 4.69) is 5.32 Å². The van der Waals surface area contributed by atoms with Gasteiger partial charge in [0.2, 0.25) is 11.8 Å². The molecule has 4 aromatic carbocycles. The summed E-state index contributed by atoms with van der Waals surface area (Å²) in [4.78, 5) is 30.2. The van der Waals surface area contributed by atoms with Crippen molar-refractivity contribution >= 4 is 50.7 Å². The maximum absolute atomic E-state index is 14.8. The van der Waals surface area contributed by atoms with Gasteiger partial charge in [-0.25, -0.2) is 8.42 Å². The van der Waals surface area contributed by atoms with E-state index in [-0.39, 0.29) is 35.6 Å². The zero-order chi connectivity index (χ0) is 36.6. The lowest BCUT2D eigenvalue weighted by Crippen LogP contribution is -2.54. The van der Waals surface area contributed by atoms with Crippen molar-refractivity contribution in [2.75, 3.05) is 25.1 Å². The normalized spacial score (nSPS) is 12.5. The third-order valence-corrected chi connectivity index (χ3v) is 10.7. The number of ether oxygens (including phenoxy) is 2. The van der Waals surface area contributed by atoms with Gasteiger partial charge in [0.1, 0.15) is 12.6 Å². The van der Waals surface area contributed by atoms with Crippen molar-refractivity contribution in [1.29, 1.82) is 0 Å². The predicted octanol–water partition coefficient (Wildman–Crippen LogP) is 7.38. The quantitative estimate of drug-likeness (QED) is 0.137. The molecule has 9 nitrogen and oxygen atoms in total. The number of anilines is 1. The van der Waals surface area contributed by atoms with E-state index in [4.69, 9.17) is 32.7 Å². The molecular weight excluding hydrogens is 697 g/mol. The SMILES string of the molecule is CC[C@H](C)NC(=O)[C@H](Cc1ccccc1)N(Cc1ccc(Cl)cc1Cl)C(=O)CN(c1cc(C)cc(C)c1)S(=O)(=O)c1ccc(OC)c(OC)c1. The molecule has 0 aliphatic rings. The van der Waals surface area contributed by atoms with Gasteiger partial charge in [0.25, 0.3) is 10.0 Å². The van der Waals surface area contributed by atoms with E-state index in [1.807, 2.05) is 64.1 Å². The number of methoxy groups -OCH3 is 2. The molecule has 0 aliphatic heterocycles. The Kier molecular flexibility index (Phi) is 13.2. The van der Waals surface area contributed by atoms with E-state index < -0.39 is 28.5 Å². The van der Waals surface area contributed by atoms with Crippen LogP contribution < -0.4 is 19.1 Å². The summed E-state index contributed by atoms with van der Waals surface area (Å²) >= 11 is 12.8. The minimum absolute atomic E-state index is 0.0860. The van der Waals surface area contributed by atoms with Gasteiger partial charge in [0.15, 0.2) is 11.5 Å². The summed E-state index contributed by atoms with van der Waals surface area (Å²) in [5, 5.41) is 3.75. The van der Waals surface area contributed by atoms with Crippen molar-refractivity contribution in [3.8, 4) is 11.5 Å². The fraction of sp³-hybridized carbons (Fsp3) is 0.316. The molecule has 0 spiro atoms. The fourth-order valence-electron chi connectivity index (χ4n) is 5.56. The van der Waals surface area contributed by atoms with Gasteiger partial charge in [-0.2, -0.15) is 0 Å². The average molecular weight is 741 g/mol. The highest BCUT2D eigenvalue weighted by atomic mass is 35.5. The molecule has 0 aromatic heterocycles. The molecule has 0 radical (unpaired) electrons. The van der Waals surface area contributed by atoms with Crippen molar-refractivity contribution in [1.82, 2.24) is 10.2 Å². The number of amides is 2. The Hall–Kier alpha value is -4.25. The molecule has 0 unspecified atom stereocenters. The van der Waals surface area contributed by atoms with Crippen molar-refractivity contribution in [3.63, 3.8) is 0 Å². The number of rotatable bonds is 15. The Morgan fingerprint density at radius 3 is 2.12 bits per heavy atom. The van der Waals surface area contributed by atoms with E-state index in [0.29, 0.717) is 33.5 Å². The van der Waals surface area contributed by atoms with Crippen LogP contribution in [0, 0.1) is 13.8 Å². The van der Waals surface area contributed by atoms with Crippen molar-refractivity contribution in [2.45, 2.75) is 64.1 Å². The highest BCUT2D eigenvalue weighted by Crippen LogP contribution is 2.33. The molecule has 1 N–H and O–H groups in total. The van der Waals surface area contributed by atoms with Crippen molar-refractivity contribution in [2.24, 2.45) is 0 Å². The maximum atomic E-state index is 14.8. The molecule has 4 rings (SSSR count). The van der Waals surface area contributed by atoms with E-state index in [1.54, 1.807) is 30.3 Å². The third-order valence-electron chi connectivity index (χ3n) is 8.34. The number of carbonyl (C=O) groups is 2. The van der Waals surface area contributed by atoms with Gasteiger partial charge in [-0.3, -0.25) is 13.9 Å². The lowest BCUT2D eigenvalue weighted by atomic mass is 10.0. The second-order valence-electron chi connectivity index (χ2n) is 12.2. The highest BCUT2D eigenvalue weighted by molar-refractivity contribution is 7.92. The van der Waals surface area contributed by atoms with Crippen LogP contribution in [0.2, 0.25) is 10.0 Å². The summed E-state index contributed by atoms with van der Waals surface area (Å²) in [5.41, 5.74) is 3.26. The molecule has 4 aromatic rings. The third kappa shape index (κ3) is 9.50. The molecule has 2 amide bonds. The number of halogens is 2. The summed E-state index contributed by atoms with van der Waals surface area (Å²) < 4.78 is 40.9. The second kappa shape index (κ2) is 17.1. The molecule has 0 saturated carbocycles. The number of carbonyl (C=O) groups excluding carboxylic acids is 2. The lowest BCUT2D eigenvalue weighted by molar-refractivity contribution is -0.140. The molecule has 0 heterocycles. The summed E-state index contributed by atoms with van der Waals surface area (Å²) in [6.45, 7) is 6.84. The molecule has 266 valence electrons. The zero-order valence-corrected chi connectivity index (χ0v) is 31.4. The number of hydrogen-bond acceptors (Lipinski definition) is 6. The van der Waals surface area contributed by atoms with Gasteiger partial charge >= 0.3 is 0 Å². The molecule has 50 heavy (non-hydrogen) atoms. The van der Waals surface area contributed by atoms with Crippen molar-refractivity contribution < 1.29 is 27.5 Å². The second-order valence-corrected chi connectivity index (χ2v) is 14.9. The Morgan fingerprint density at radius 1 is 0.860 bits per heavy atom. The number of nitrogens with one attached hydrogen (secondary N) is 1. The van der Waals surface area contributed by atoms with Crippen LogP contribution in [0.1, 0.15) is 42.5 Å². The fourth-order valence-corrected chi connectivity index (χ4v) is 7.44. The first-order valence-corrected chi connectivity index (χ1v) is 18.4. The molecule has 0 aliphatic carbocycles. The number of aryl methyl sites for hydroxylation is 2. The minimum Gasteiger partial charge on any atom is -0.493 e. The number of sulfonamides is 1. The van der Waals surface area contributed by atoms with Crippen LogP contribution in [0.25, 0.3) is 0 Å². The van der Waals surface area contributed by atoms with E-state index >= 15 is 0 Å². The van der Waals surface area contributed by atoms with Crippen LogP contribution >= 0.6 is 23.2 Å². The minimum atomic E-state index is -4.38. The first kappa shape index (κ1) is 38.6. The zero-order valence-electron chi connectivity index (χ0n) is 29.1. The van der Waals surface area contributed by atoms with Gasteiger partial charge in [0.05, 0.1) is 24.8 Å². The monoisotopic (exact) mass is 739 g/mol. The molecule has 0 bridgehead atoms. The van der Waals surface area contributed by atoms with Crippen LogP contribution in [0.3, 0.4) is 0 Å². The van der Waals surface area contributed by atoms with E-state index in [0.717, 1.165) is 21.0 Å². The summed E-state index contributed by atoms with van der Waals surface area (Å²) in [6.07, 6.45) is 0.844. The van der Waals surface area contributed by atoms with Gasteiger partial charge in [-0.1, -0.05) is 72.6 Å². The Morgan fingerprint density at radius 2 is 1.52 bits per heavy atom. The Balaban J connectivity index is 1.88. The summed E-state index contributed by atoms with van der Waals surface area (Å²) in [5.74, 6) is -0.423. The Bertz CT molecular complexity index is 1900. The van der Waals surface area contributed by atoms with Crippen LogP contribution in [-0.2, 0) is 32.6 Å². The molecule has 2 atom stereocenters. The van der Waals surface area contributed by atoms with Crippen LogP contribution in [0.4, 0.5) is 5.69 Å². The smallest absolute Gasteiger partial charge is 0.264 e. The first-order valence-electron chi connectivity index (χ1n) is 16.2. The van der Waals surface area contributed by atoms with Crippen LogP contribution in [0.5, 0.6) is 11.5 Å². The van der Waals surface area contributed by atoms with Crippen LogP contribution in [0.15, 0.2) is 89.8 Å². The molecule has 0 saturated heterocycles. The molecular formula is C38H43Cl2N3O6S. The van der Waals surface area contributed by atoms with Crippen molar-refractivity contribution in [3.05, 3.63) is 117 Å². The molecule has 0 fully saturated rings. The number of benzene rings is 4. The lowest BCUT2D eigenvalue weighted by Gasteiger charge is -2.34. The highest BCUT2D eigenvalue weighted by Gasteiger charge is 2.35. The van der Waals surface area contributed by atoms with Gasteiger partial charge in [-0.15, -0.1) is 0 Å². The van der Waals surface area contributed by atoms with Crippen LogP contribution in [-0.4, -0.2) is 58.0 Å². The maximum Gasteiger partial charge on any atom is 0.264 e. The predicted molar refractivity (Wildman–Crippen MR) is 199 cm³/mol. The van der Waals surface area contributed by atoms with Gasteiger partial charge in [-0.05, 0) is 85.8 Å². The summed E-state index contributed by atoms with van der Waals surface area (Å²) in [6, 6.07) is 22.7. The standard InChI is InChI=1S/C38H43Cl2N3O6S/c1-7-27(4)41-38(45)34(20-28-11-9-8-10-12-28)42(23-29-13-14-30(39)21-33(29)40)37(44)24-43(31-18-25(2)17-26(3)19-31)50(46,47)32-15-16-35(48-5)36(22-32)49-6/h8-19,21-22,27,34H,7,20,23-24H2,1-6H3,(H,41,45)/t27-,34-/m0/s1. The largest absolute Gasteiger partial charge is 0.493 e. The van der Waals surface area contributed by atoms with Gasteiger partial charge in [0, 0.05) is 35.1 Å². The molecule has 12 heteroatoms. The van der Waals surface area contributed by atoms with E-state index in [9.17, 15) is 18.0 Å². The van der Waals surface area contributed by atoms with Gasteiger partial charge < -0.3 is 19.7 Å². The van der Waals surface area contributed by atoms with E-state index in [1.165, 1.54) is 37.3 Å². The first-order chi connectivity index (χ1) is 23.8. The topological polar surface area (TPSA) is 105 Å². The summed E-state index contributed by atoms with van der Waals surface area (Å²) in [7, 11) is -1.51. The number of nitrogens with zero attached hydrogens (tertiary/aromatic N) is 2. The number of hydrogen-bond donors (Lipinski definition) is 1. The average Bonchev–Trinajstić information content (AvgIpc) is 3.08. The Labute approximate surface area is 305 Å².